The van der Waals surface area contributed by atoms with Crippen LogP contribution in [0.15, 0.2) is 18.3 Å². The Morgan fingerprint density at radius 1 is 1.50 bits per heavy atom. The van der Waals surface area contributed by atoms with Crippen LogP contribution in [0.4, 0.5) is 9.52 Å². The molecule has 1 amide bonds. The lowest BCUT2D eigenvalue weighted by atomic mass is 10.1. The number of rotatable bonds is 5. The molecule has 0 saturated carbocycles. The Labute approximate surface area is 156 Å². The first-order chi connectivity index (χ1) is 12.4. The van der Waals surface area contributed by atoms with E-state index in [4.69, 9.17) is 4.74 Å². The number of hydrogen-bond acceptors (Lipinski definition) is 6. The summed E-state index contributed by atoms with van der Waals surface area (Å²) in [6.45, 7) is 7.18. The van der Waals surface area contributed by atoms with E-state index < -0.39 is 5.95 Å². The van der Waals surface area contributed by atoms with Gasteiger partial charge < -0.3 is 10.1 Å². The van der Waals surface area contributed by atoms with Gasteiger partial charge in [-0.25, -0.2) is 0 Å². The average molecular weight is 378 g/mol. The van der Waals surface area contributed by atoms with Gasteiger partial charge in [-0.2, -0.15) is 9.37 Å². The maximum atomic E-state index is 14.1. The second-order valence-corrected chi connectivity index (χ2v) is 7.74. The van der Waals surface area contributed by atoms with Gasteiger partial charge in [0.05, 0.1) is 17.6 Å². The van der Waals surface area contributed by atoms with Crippen molar-refractivity contribution in [2.75, 3.05) is 18.5 Å². The quantitative estimate of drug-likeness (QED) is 0.867. The van der Waals surface area contributed by atoms with Gasteiger partial charge in [-0.15, -0.1) is 0 Å². The Bertz CT molecular complexity index is 765. The van der Waals surface area contributed by atoms with Crippen LogP contribution in [0.3, 0.4) is 0 Å². The van der Waals surface area contributed by atoms with Crippen LogP contribution in [0.25, 0.3) is 0 Å². The number of hydrogen-bond donors (Lipinski definition) is 1. The lowest BCUT2D eigenvalue weighted by Gasteiger charge is -2.37. The summed E-state index contributed by atoms with van der Waals surface area (Å²) in [4.78, 5) is 22.0. The molecule has 1 saturated heterocycles. The molecular weight excluding hydrogens is 355 g/mol. The number of aromatic nitrogens is 2. The molecule has 8 heteroatoms. The van der Waals surface area contributed by atoms with E-state index >= 15 is 0 Å². The average Bonchev–Trinajstić information content (AvgIpc) is 2.91. The van der Waals surface area contributed by atoms with Crippen LogP contribution in [0, 0.1) is 12.9 Å². The molecule has 0 unspecified atom stereocenters. The molecular formula is C18H23FN4O2S. The maximum Gasteiger partial charge on any atom is 0.230 e. The predicted octanol–water partition coefficient (Wildman–Crippen LogP) is 2.78. The van der Waals surface area contributed by atoms with Gasteiger partial charge in [-0.05, 0) is 25.5 Å². The van der Waals surface area contributed by atoms with Crippen molar-refractivity contribution in [1.29, 1.82) is 0 Å². The zero-order chi connectivity index (χ0) is 18.7. The monoisotopic (exact) mass is 378 g/mol. The first kappa shape index (κ1) is 18.9. The predicted molar refractivity (Wildman–Crippen MR) is 98.7 cm³/mol. The highest BCUT2D eigenvalue weighted by atomic mass is 32.1. The first-order valence-electron chi connectivity index (χ1n) is 8.60. The molecule has 6 nitrogen and oxygen atoms in total. The topological polar surface area (TPSA) is 67.4 Å². The fraction of sp³-hybridized carbons (Fsp3) is 0.500. The highest BCUT2D eigenvalue weighted by Gasteiger charge is 2.28. The minimum Gasteiger partial charge on any atom is -0.375 e. The fourth-order valence-electron chi connectivity index (χ4n) is 2.92. The summed E-state index contributed by atoms with van der Waals surface area (Å²) in [6.07, 6.45) is 2.70. The number of pyridine rings is 1. The first-order valence-corrected chi connectivity index (χ1v) is 9.42. The lowest BCUT2D eigenvalue weighted by molar-refractivity contribution is -0.114. The van der Waals surface area contributed by atoms with Crippen LogP contribution >= 0.6 is 11.3 Å². The SMILES string of the molecule is CC(=O)Nc1nc(F)c(CN2C[C@@H](Cc3ccc(C)nc3)OC[C@@H]2C)s1. The van der Waals surface area contributed by atoms with E-state index in [1.165, 1.54) is 18.3 Å². The van der Waals surface area contributed by atoms with Gasteiger partial charge in [-0.1, -0.05) is 17.4 Å². The molecule has 2 atom stereocenters. The van der Waals surface area contributed by atoms with Crippen LogP contribution < -0.4 is 5.32 Å². The number of nitrogens with zero attached hydrogens (tertiary/aromatic N) is 3. The van der Waals surface area contributed by atoms with Gasteiger partial charge in [0.2, 0.25) is 11.9 Å². The van der Waals surface area contributed by atoms with Crippen molar-refractivity contribution in [2.24, 2.45) is 0 Å². The zero-order valence-electron chi connectivity index (χ0n) is 15.2. The minimum absolute atomic E-state index is 0.0431. The molecule has 140 valence electrons. The van der Waals surface area contributed by atoms with Crippen molar-refractivity contribution >= 4 is 22.4 Å². The molecule has 3 rings (SSSR count). The normalized spacial score (nSPS) is 20.9. The zero-order valence-corrected chi connectivity index (χ0v) is 16.0. The van der Waals surface area contributed by atoms with E-state index in [9.17, 15) is 9.18 Å². The molecule has 0 bridgehead atoms. The summed E-state index contributed by atoms with van der Waals surface area (Å²) < 4.78 is 20.1. The van der Waals surface area contributed by atoms with Crippen LogP contribution in [-0.2, 0) is 22.5 Å². The summed E-state index contributed by atoms with van der Waals surface area (Å²) in [6, 6.07) is 4.25. The van der Waals surface area contributed by atoms with E-state index in [-0.39, 0.29) is 18.1 Å². The van der Waals surface area contributed by atoms with Crippen molar-refractivity contribution in [1.82, 2.24) is 14.9 Å². The number of anilines is 1. The fourth-order valence-corrected chi connectivity index (χ4v) is 3.83. The molecule has 1 aliphatic rings. The van der Waals surface area contributed by atoms with Crippen molar-refractivity contribution in [2.45, 2.75) is 45.9 Å². The van der Waals surface area contributed by atoms with Gasteiger partial charge >= 0.3 is 0 Å². The molecule has 1 N–H and O–H groups in total. The third-order valence-electron chi connectivity index (χ3n) is 4.35. The van der Waals surface area contributed by atoms with E-state index in [2.05, 4.69) is 33.2 Å². The summed E-state index contributed by atoms with van der Waals surface area (Å²) in [5.74, 6) is -0.770. The van der Waals surface area contributed by atoms with Crippen LogP contribution in [0.5, 0.6) is 0 Å². The molecule has 0 aliphatic carbocycles. The van der Waals surface area contributed by atoms with Crippen molar-refractivity contribution in [3.63, 3.8) is 0 Å². The lowest BCUT2D eigenvalue weighted by Crippen LogP contribution is -2.48. The number of amides is 1. The second kappa shape index (κ2) is 8.20. The number of carbonyl (C=O) groups excluding carboxylic acids is 1. The van der Waals surface area contributed by atoms with Gasteiger partial charge in [0, 0.05) is 44.4 Å². The molecule has 0 aromatic carbocycles. The number of ether oxygens (including phenoxy) is 1. The number of morpholine rings is 1. The molecule has 0 spiro atoms. The highest BCUT2D eigenvalue weighted by molar-refractivity contribution is 7.15. The van der Waals surface area contributed by atoms with E-state index in [0.717, 1.165) is 17.7 Å². The van der Waals surface area contributed by atoms with Gasteiger partial charge in [-0.3, -0.25) is 14.7 Å². The Hall–Kier alpha value is -1.90. The van der Waals surface area contributed by atoms with E-state index in [0.29, 0.717) is 29.7 Å². The highest BCUT2D eigenvalue weighted by Crippen LogP contribution is 2.26. The van der Waals surface area contributed by atoms with Crippen LogP contribution in [-0.4, -0.2) is 46.1 Å². The summed E-state index contributed by atoms with van der Waals surface area (Å²) in [5, 5.41) is 2.84. The standard InChI is InChI=1S/C18H23FN4O2S/c1-11-4-5-14(7-20-11)6-15-8-23(12(2)10-25-15)9-16-17(19)22-18(26-16)21-13(3)24/h4-5,7,12,15H,6,8-10H2,1-3H3,(H,21,22,24)/t12-,15+/m0/s1. The van der Waals surface area contributed by atoms with Crippen LogP contribution in [0.2, 0.25) is 0 Å². The Balaban J connectivity index is 1.64. The minimum atomic E-state index is -0.517. The van der Waals surface area contributed by atoms with Crippen molar-refractivity contribution < 1.29 is 13.9 Å². The summed E-state index contributed by atoms with van der Waals surface area (Å²) in [5.41, 5.74) is 2.12. The second-order valence-electron chi connectivity index (χ2n) is 6.66. The number of halogens is 1. The molecule has 2 aromatic heterocycles. The number of nitrogens with one attached hydrogen (secondary N) is 1. The third kappa shape index (κ3) is 4.84. The van der Waals surface area contributed by atoms with Gasteiger partial charge in [0.15, 0.2) is 5.13 Å². The molecule has 3 heterocycles. The van der Waals surface area contributed by atoms with Gasteiger partial charge in [0.25, 0.3) is 0 Å². The molecule has 0 radical (unpaired) electrons. The molecule has 1 fully saturated rings. The van der Waals surface area contributed by atoms with E-state index in [1.807, 2.05) is 19.2 Å². The Kier molecular flexibility index (Phi) is 5.95. The molecule has 1 aliphatic heterocycles. The largest absolute Gasteiger partial charge is 0.375 e. The Morgan fingerprint density at radius 3 is 3.00 bits per heavy atom. The van der Waals surface area contributed by atoms with Gasteiger partial charge in [0.1, 0.15) is 0 Å². The maximum absolute atomic E-state index is 14.1. The van der Waals surface area contributed by atoms with Crippen molar-refractivity contribution in [3.05, 3.63) is 40.4 Å². The Morgan fingerprint density at radius 2 is 2.31 bits per heavy atom. The number of aryl methyl sites for hydroxylation is 1. The van der Waals surface area contributed by atoms with Crippen LogP contribution in [0.1, 0.15) is 30.0 Å². The number of carbonyl (C=O) groups is 1. The summed E-state index contributed by atoms with van der Waals surface area (Å²) >= 11 is 1.18. The molecule has 26 heavy (non-hydrogen) atoms. The number of thiazole rings is 1. The molecule has 2 aromatic rings. The third-order valence-corrected chi connectivity index (χ3v) is 5.28. The smallest absolute Gasteiger partial charge is 0.230 e. The summed E-state index contributed by atoms with van der Waals surface area (Å²) in [7, 11) is 0. The van der Waals surface area contributed by atoms with E-state index in [1.54, 1.807) is 0 Å². The van der Waals surface area contributed by atoms with Crippen molar-refractivity contribution in [3.8, 4) is 0 Å².